The lowest BCUT2D eigenvalue weighted by Gasteiger charge is -2.29. The van der Waals surface area contributed by atoms with Gasteiger partial charge in [0, 0.05) is 47.3 Å². The maximum Gasteiger partial charge on any atom is 0.0288 e. The predicted octanol–water partition coefficient (Wildman–Crippen LogP) is 7.94. The third-order valence-electron chi connectivity index (χ3n) is 8.18. The highest BCUT2D eigenvalue weighted by atomic mass is 14.6. The van der Waals surface area contributed by atoms with Crippen molar-refractivity contribution in [3.63, 3.8) is 0 Å². The van der Waals surface area contributed by atoms with Gasteiger partial charge < -0.3 is 0 Å². The second-order valence-electron chi connectivity index (χ2n) is 9.97. The molecule has 10 radical (unpaired) electrons. The Bertz CT molecular complexity index is 1260. The lowest BCUT2D eigenvalue weighted by molar-refractivity contribution is 0.761. The number of fused-ring (bicyclic) bond motifs is 10. The topological polar surface area (TPSA) is 0 Å². The third kappa shape index (κ3) is 3.00. The highest BCUT2D eigenvalue weighted by Gasteiger charge is 2.54. The Kier molecular flexibility index (Phi) is 4.79. The van der Waals surface area contributed by atoms with Crippen LogP contribution in [0.25, 0.3) is 12.2 Å². The van der Waals surface area contributed by atoms with Crippen molar-refractivity contribution >= 4 is 12.2 Å². The van der Waals surface area contributed by atoms with E-state index in [1.54, 1.807) is 0 Å². The summed E-state index contributed by atoms with van der Waals surface area (Å²) in [6, 6.07) is 17.6. The smallest absolute Gasteiger partial charge is 0.0288 e. The summed E-state index contributed by atoms with van der Waals surface area (Å²) in [7, 11) is 0. The van der Waals surface area contributed by atoms with Crippen LogP contribution in [0.2, 0.25) is 0 Å². The van der Waals surface area contributed by atoms with E-state index in [1.165, 1.54) is 81.4 Å². The van der Waals surface area contributed by atoms with Gasteiger partial charge in [0.15, 0.2) is 0 Å². The zero-order valence-corrected chi connectivity index (χ0v) is 20.0. The molecule has 0 unspecified atom stereocenters. The van der Waals surface area contributed by atoms with Crippen LogP contribution >= 0.6 is 0 Å². The first kappa shape index (κ1) is 21.0. The van der Waals surface area contributed by atoms with Crippen LogP contribution in [-0.4, -0.2) is 0 Å². The number of rotatable bonds is 3. The molecule has 0 amide bonds. The van der Waals surface area contributed by atoms with Crippen molar-refractivity contribution in [3.05, 3.63) is 191 Å². The molecule has 0 spiro atoms. The third-order valence-corrected chi connectivity index (χ3v) is 8.18. The van der Waals surface area contributed by atoms with Gasteiger partial charge in [0.1, 0.15) is 0 Å². The lowest BCUT2D eigenvalue weighted by Crippen LogP contribution is -2.17. The quantitative estimate of drug-likeness (QED) is 0.440. The van der Waals surface area contributed by atoms with Crippen molar-refractivity contribution in [2.24, 2.45) is 0 Å². The highest BCUT2D eigenvalue weighted by Crippen LogP contribution is 2.65. The van der Waals surface area contributed by atoms with E-state index in [1.807, 2.05) is 0 Å². The Labute approximate surface area is 215 Å². The molecule has 0 N–H and O–H groups in total. The molecule has 0 aromatic heterocycles. The Hall–Kier alpha value is -3.12. The fourth-order valence-corrected chi connectivity index (χ4v) is 6.63. The van der Waals surface area contributed by atoms with Crippen LogP contribution in [-0.2, 0) is 0 Å². The number of benzene rings is 2. The van der Waals surface area contributed by atoms with Crippen LogP contribution in [0, 0.1) is 59.2 Å². The minimum atomic E-state index is 1.03. The van der Waals surface area contributed by atoms with E-state index in [0.717, 1.165) is 12.8 Å². The first-order chi connectivity index (χ1) is 17.9. The minimum Gasteiger partial charge on any atom is -0.0758 e. The van der Waals surface area contributed by atoms with E-state index in [9.17, 15) is 0 Å². The van der Waals surface area contributed by atoms with Crippen molar-refractivity contribution in [3.8, 4) is 0 Å². The van der Waals surface area contributed by atoms with Crippen molar-refractivity contribution < 1.29 is 0 Å². The standard InChI is InChI=1S/C36H24/c1-3-11-25-23(9-1)17-19-33-29(27-13-5-7-15-31(27)35(25)33)21-22-30-28-14-6-8-16-32(28)36-26-12-4-2-10-24(26)18-20-34(30)36/h1-20H,21-22H2. The summed E-state index contributed by atoms with van der Waals surface area (Å²) in [5.74, 6) is 14.1. The molecule has 0 saturated heterocycles. The van der Waals surface area contributed by atoms with Gasteiger partial charge in [0.25, 0.3) is 0 Å². The molecule has 8 rings (SSSR count). The fourth-order valence-electron chi connectivity index (χ4n) is 6.63. The van der Waals surface area contributed by atoms with Crippen LogP contribution in [0.4, 0.5) is 0 Å². The van der Waals surface area contributed by atoms with Crippen molar-refractivity contribution in [2.45, 2.75) is 12.8 Å². The molecule has 0 aliphatic heterocycles. The zero-order chi connectivity index (χ0) is 23.6. The Morgan fingerprint density at radius 3 is 1.25 bits per heavy atom. The molecule has 2 aromatic rings. The molecule has 2 saturated carbocycles. The van der Waals surface area contributed by atoms with Gasteiger partial charge in [-0.1, -0.05) is 121 Å². The molecular formula is C36H24. The number of hydrogen-bond acceptors (Lipinski definition) is 0. The summed E-state index contributed by atoms with van der Waals surface area (Å²) in [5, 5.41) is 0. The average Bonchev–Trinajstić information content (AvgIpc) is 3.44. The summed E-state index contributed by atoms with van der Waals surface area (Å²) in [6.07, 6.45) is 29.3. The predicted molar refractivity (Wildman–Crippen MR) is 147 cm³/mol. The molecular weight excluding hydrogens is 432 g/mol. The maximum atomic E-state index is 2.35. The van der Waals surface area contributed by atoms with Crippen LogP contribution in [0.3, 0.4) is 0 Å². The van der Waals surface area contributed by atoms with Gasteiger partial charge in [-0.25, -0.2) is 0 Å². The minimum absolute atomic E-state index is 1.03. The molecule has 0 nitrogen and oxygen atoms in total. The van der Waals surface area contributed by atoms with Crippen LogP contribution in [0.5, 0.6) is 0 Å². The van der Waals surface area contributed by atoms with Crippen LogP contribution < -0.4 is 0 Å². The lowest BCUT2D eigenvalue weighted by atomic mass is 9.73. The van der Waals surface area contributed by atoms with Gasteiger partial charge in [-0.2, -0.15) is 0 Å². The van der Waals surface area contributed by atoms with E-state index in [0.29, 0.717) is 0 Å². The van der Waals surface area contributed by atoms with Crippen molar-refractivity contribution in [1.82, 2.24) is 0 Å². The zero-order valence-electron chi connectivity index (χ0n) is 20.0. The van der Waals surface area contributed by atoms with Gasteiger partial charge in [-0.3, -0.25) is 0 Å². The molecule has 0 heteroatoms. The average molecular weight is 457 g/mol. The van der Waals surface area contributed by atoms with Crippen LogP contribution in [0.15, 0.2) is 109 Å². The molecule has 0 bridgehead atoms. The Morgan fingerprint density at radius 2 is 0.778 bits per heavy atom. The summed E-state index contributed by atoms with van der Waals surface area (Å²) in [4.78, 5) is 0. The Balaban J connectivity index is 1.11. The summed E-state index contributed by atoms with van der Waals surface area (Å²) >= 11 is 0. The molecule has 0 atom stereocenters. The number of hydrogen-bond donors (Lipinski definition) is 0. The summed E-state index contributed by atoms with van der Waals surface area (Å²) in [6.45, 7) is 0. The molecule has 6 aliphatic rings. The molecule has 6 aliphatic carbocycles. The molecule has 168 valence electrons. The number of allylic oxidation sites excluding steroid dienone is 10. The van der Waals surface area contributed by atoms with Gasteiger partial charge in [0.05, 0.1) is 0 Å². The second-order valence-corrected chi connectivity index (χ2v) is 9.97. The molecule has 0 heterocycles. The van der Waals surface area contributed by atoms with Crippen molar-refractivity contribution in [2.75, 3.05) is 0 Å². The van der Waals surface area contributed by atoms with Gasteiger partial charge in [-0.15, -0.1) is 0 Å². The van der Waals surface area contributed by atoms with E-state index in [4.69, 9.17) is 0 Å². The monoisotopic (exact) mass is 456 g/mol. The van der Waals surface area contributed by atoms with Gasteiger partial charge in [0.2, 0.25) is 0 Å². The first-order valence-electron chi connectivity index (χ1n) is 12.8. The normalized spacial score (nSPS) is 24.8. The maximum absolute atomic E-state index is 2.35. The van der Waals surface area contributed by atoms with E-state index in [-0.39, 0.29) is 0 Å². The van der Waals surface area contributed by atoms with E-state index in [2.05, 4.69) is 121 Å². The first-order valence-corrected chi connectivity index (χ1v) is 12.8. The van der Waals surface area contributed by atoms with Crippen LogP contribution in [0.1, 0.15) is 35.1 Å². The summed E-state index contributed by atoms with van der Waals surface area (Å²) < 4.78 is 0. The largest absolute Gasteiger partial charge is 0.0758 e. The van der Waals surface area contributed by atoms with E-state index >= 15 is 0 Å². The van der Waals surface area contributed by atoms with Gasteiger partial charge >= 0.3 is 0 Å². The molecule has 2 aromatic carbocycles. The highest BCUT2D eigenvalue weighted by molar-refractivity contribution is 5.86. The molecule has 36 heavy (non-hydrogen) atoms. The van der Waals surface area contributed by atoms with Gasteiger partial charge in [-0.05, 0) is 46.9 Å². The fraction of sp³-hybridized carbons (Fsp3) is 0.0556. The molecule has 2 fully saturated rings. The van der Waals surface area contributed by atoms with E-state index < -0.39 is 0 Å². The Morgan fingerprint density at radius 1 is 0.361 bits per heavy atom. The second kappa shape index (κ2) is 8.20. The summed E-state index contributed by atoms with van der Waals surface area (Å²) in [5.41, 5.74) is 5.33. The van der Waals surface area contributed by atoms with Crippen molar-refractivity contribution in [1.29, 1.82) is 0 Å². The SMILES string of the molecule is C1=C[C]2[C](C=C1)[C]1[C](C=Cc3ccccc31)[C]2CC[C]1[C]2C=CC=C[C]2[C]2[C]1C=Cc1ccccc12.